The molecule has 0 radical (unpaired) electrons. The van der Waals surface area contributed by atoms with Gasteiger partial charge in [0.25, 0.3) is 5.69 Å². The molecule has 1 aromatic carbocycles. The van der Waals surface area contributed by atoms with Crippen molar-refractivity contribution >= 4 is 23.6 Å². The second kappa shape index (κ2) is 7.59. The van der Waals surface area contributed by atoms with Crippen molar-refractivity contribution in [3.63, 3.8) is 0 Å². The Morgan fingerprint density at radius 2 is 2.00 bits per heavy atom. The molecule has 7 nitrogen and oxygen atoms in total. The van der Waals surface area contributed by atoms with Gasteiger partial charge in [-0.3, -0.25) is 14.9 Å². The van der Waals surface area contributed by atoms with Crippen LogP contribution in [0.5, 0.6) is 0 Å². The molecule has 0 atom stereocenters. The number of amides is 1. The van der Waals surface area contributed by atoms with E-state index in [1.54, 1.807) is 0 Å². The first-order valence-electron chi connectivity index (χ1n) is 5.96. The average Bonchev–Trinajstić information content (AvgIpc) is 2.44. The lowest BCUT2D eigenvalue weighted by atomic mass is 10.1. The molecule has 1 N–H and O–H groups in total. The number of benzene rings is 1. The van der Waals surface area contributed by atoms with Gasteiger partial charge in [0, 0.05) is 19.1 Å². The largest absolute Gasteiger partial charge is 0.457 e. The zero-order chi connectivity index (χ0) is 15.8. The number of nitro groups is 1. The van der Waals surface area contributed by atoms with Crippen molar-refractivity contribution in [1.82, 2.24) is 5.32 Å². The topological polar surface area (TPSA) is 98.5 Å². The number of hydrogen-bond acceptors (Lipinski definition) is 5. The molecule has 0 fully saturated rings. The smallest absolute Gasteiger partial charge is 0.355 e. The Bertz CT molecular complexity index is 590. The highest BCUT2D eigenvalue weighted by atomic mass is 16.6. The molecule has 0 aromatic heterocycles. The van der Waals surface area contributed by atoms with Gasteiger partial charge < -0.3 is 10.1 Å². The van der Waals surface area contributed by atoms with Crippen molar-refractivity contribution in [3.05, 3.63) is 58.3 Å². The molecule has 110 valence electrons. The number of rotatable bonds is 6. The Balaban J connectivity index is 3.00. The average molecular weight is 290 g/mol. The summed E-state index contributed by atoms with van der Waals surface area (Å²) in [5.41, 5.74) is 0.389. The lowest BCUT2D eigenvalue weighted by molar-refractivity contribution is -0.384. The highest BCUT2D eigenvalue weighted by Crippen LogP contribution is 2.14. The standard InChI is InChI=1S/C14H14N2O5/c1-3-8-21-14(18)13(15-10(2)17)9-11-4-6-12(7-5-11)16(19)20/h3-7,9H,1,8H2,2H3,(H,15,17)/b13-9+. The Hall–Kier alpha value is -2.96. The molecule has 0 aliphatic heterocycles. The van der Waals surface area contributed by atoms with Gasteiger partial charge in [0.15, 0.2) is 0 Å². The number of ether oxygens (including phenoxy) is 1. The Kier molecular flexibility index (Phi) is 5.81. The molecule has 0 heterocycles. The molecule has 21 heavy (non-hydrogen) atoms. The number of nitrogens with zero attached hydrogens (tertiary/aromatic N) is 1. The third-order valence-electron chi connectivity index (χ3n) is 2.28. The van der Waals surface area contributed by atoms with Crippen molar-refractivity contribution in [2.24, 2.45) is 0 Å². The first kappa shape index (κ1) is 16.1. The van der Waals surface area contributed by atoms with E-state index >= 15 is 0 Å². The molecule has 1 rings (SSSR count). The SMILES string of the molecule is C=CCOC(=O)/C(=C\c1ccc([N+](=O)[O-])cc1)NC(C)=O. The van der Waals surface area contributed by atoms with Crippen LogP contribution < -0.4 is 5.32 Å². The fourth-order valence-electron chi connectivity index (χ4n) is 1.41. The normalized spacial score (nSPS) is 10.6. The van der Waals surface area contributed by atoms with E-state index in [1.165, 1.54) is 43.3 Å². The van der Waals surface area contributed by atoms with Crippen molar-refractivity contribution < 1.29 is 19.2 Å². The van der Waals surface area contributed by atoms with Crippen LogP contribution in [-0.2, 0) is 14.3 Å². The minimum absolute atomic E-state index is 0.00994. The fraction of sp³-hybridized carbons (Fsp3) is 0.143. The molecule has 0 saturated carbocycles. The van der Waals surface area contributed by atoms with E-state index in [0.29, 0.717) is 5.56 Å². The lowest BCUT2D eigenvalue weighted by Crippen LogP contribution is -2.26. The van der Waals surface area contributed by atoms with Gasteiger partial charge in [0.1, 0.15) is 12.3 Å². The number of nitrogens with one attached hydrogen (secondary N) is 1. The molecule has 0 spiro atoms. The summed E-state index contributed by atoms with van der Waals surface area (Å²) < 4.78 is 4.84. The molecular weight excluding hydrogens is 276 g/mol. The van der Waals surface area contributed by atoms with E-state index in [1.807, 2.05) is 0 Å². The lowest BCUT2D eigenvalue weighted by Gasteiger charge is -2.07. The van der Waals surface area contributed by atoms with Gasteiger partial charge >= 0.3 is 5.97 Å². The summed E-state index contributed by atoms with van der Waals surface area (Å²) >= 11 is 0. The van der Waals surface area contributed by atoms with E-state index in [-0.39, 0.29) is 18.0 Å². The number of carbonyl (C=O) groups is 2. The monoisotopic (exact) mass is 290 g/mol. The van der Waals surface area contributed by atoms with Gasteiger partial charge in [0.05, 0.1) is 4.92 Å². The first-order chi connectivity index (χ1) is 9.93. The maximum absolute atomic E-state index is 11.8. The maximum atomic E-state index is 11.8. The first-order valence-corrected chi connectivity index (χ1v) is 5.96. The fourth-order valence-corrected chi connectivity index (χ4v) is 1.41. The molecular formula is C14H14N2O5. The van der Waals surface area contributed by atoms with Gasteiger partial charge in [-0.2, -0.15) is 0 Å². The number of carbonyl (C=O) groups excluding carboxylic acids is 2. The minimum Gasteiger partial charge on any atom is -0.457 e. The summed E-state index contributed by atoms with van der Waals surface area (Å²) in [5.74, 6) is -1.15. The number of non-ortho nitro benzene ring substituents is 1. The van der Waals surface area contributed by atoms with Crippen molar-refractivity contribution in [2.45, 2.75) is 6.92 Å². The third-order valence-corrected chi connectivity index (χ3v) is 2.28. The molecule has 0 bridgehead atoms. The number of nitro benzene ring substituents is 1. The predicted molar refractivity (Wildman–Crippen MR) is 76.0 cm³/mol. The van der Waals surface area contributed by atoms with Gasteiger partial charge in [-0.05, 0) is 23.8 Å². The van der Waals surface area contributed by atoms with Crippen LogP contribution in [0.4, 0.5) is 5.69 Å². The van der Waals surface area contributed by atoms with Gasteiger partial charge in [0.2, 0.25) is 5.91 Å². The summed E-state index contributed by atoms with van der Waals surface area (Å²) in [4.78, 5) is 32.9. The summed E-state index contributed by atoms with van der Waals surface area (Å²) in [7, 11) is 0. The Morgan fingerprint density at radius 3 is 2.48 bits per heavy atom. The van der Waals surface area contributed by atoms with Crippen LogP contribution in [-0.4, -0.2) is 23.4 Å². The van der Waals surface area contributed by atoms with Crippen molar-refractivity contribution in [2.75, 3.05) is 6.61 Å². The van der Waals surface area contributed by atoms with Crippen LogP contribution in [0.1, 0.15) is 12.5 Å². The van der Waals surface area contributed by atoms with Crippen LogP contribution >= 0.6 is 0 Å². The van der Waals surface area contributed by atoms with Crippen LogP contribution in [0.25, 0.3) is 6.08 Å². The molecule has 0 unspecified atom stereocenters. The molecule has 0 aliphatic carbocycles. The predicted octanol–water partition coefficient (Wildman–Crippen LogP) is 1.80. The second-order valence-electron chi connectivity index (χ2n) is 3.97. The van der Waals surface area contributed by atoms with Crippen LogP contribution in [0.15, 0.2) is 42.6 Å². The van der Waals surface area contributed by atoms with Crippen LogP contribution in [0, 0.1) is 10.1 Å². The molecule has 0 saturated heterocycles. The van der Waals surface area contributed by atoms with E-state index in [2.05, 4.69) is 11.9 Å². The summed E-state index contributed by atoms with van der Waals surface area (Å²) in [5, 5.41) is 12.9. The quantitative estimate of drug-likeness (QED) is 0.283. The van der Waals surface area contributed by atoms with Crippen LogP contribution in [0.3, 0.4) is 0 Å². The Labute approximate surface area is 121 Å². The highest BCUT2D eigenvalue weighted by Gasteiger charge is 2.12. The molecule has 1 amide bonds. The summed E-state index contributed by atoms with van der Waals surface area (Å²) in [6.07, 6.45) is 2.77. The van der Waals surface area contributed by atoms with Crippen molar-refractivity contribution in [3.8, 4) is 0 Å². The van der Waals surface area contributed by atoms with E-state index in [9.17, 15) is 19.7 Å². The molecule has 0 aliphatic rings. The zero-order valence-corrected chi connectivity index (χ0v) is 11.4. The highest BCUT2D eigenvalue weighted by molar-refractivity contribution is 5.97. The third kappa shape index (κ3) is 5.27. The van der Waals surface area contributed by atoms with Gasteiger partial charge in [-0.25, -0.2) is 4.79 Å². The zero-order valence-electron chi connectivity index (χ0n) is 11.4. The summed E-state index contributed by atoms with van der Waals surface area (Å²) in [6, 6.07) is 5.51. The minimum atomic E-state index is -0.719. The van der Waals surface area contributed by atoms with E-state index in [0.717, 1.165) is 0 Å². The van der Waals surface area contributed by atoms with E-state index in [4.69, 9.17) is 4.74 Å². The van der Waals surface area contributed by atoms with Crippen molar-refractivity contribution in [1.29, 1.82) is 0 Å². The molecule has 7 heteroatoms. The number of hydrogen-bond donors (Lipinski definition) is 1. The number of esters is 1. The van der Waals surface area contributed by atoms with E-state index < -0.39 is 16.8 Å². The maximum Gasteiger partial charge on any atom is 0.355 e. The van der Waals surface area contributed by atoms with Gasteiger partial charge in [-0.15, -0.1) is 0 Å². The summed E-state index contributed by atoms with van der Waals surface area (Å²) in [6.45, 7) is 4.68. The second-order valence-corrected chi connectivity index (χ2v) is 3.97. The van der Waals surface area contributed by atoms with Crippen LogP contribution in [0.2, 0.25) is 0 Å². The molecule has 1 aromatic rings. The van der Waals surface area contributed by atoms with Gasteiger partial charge in [-0.1, -0.05) is 12.7 Å². The Morgan fingerprint density at radius 1 is 1.38 bits per heavy atom.